The lowest BCUT2D eigenvalue weighted by Crippen LogP contribution is -2.08. The van der Waals surface area contributed by atoms with Gasteiger partial charge < -0.3 is 9.15 Å². The second-order valence-electron chi connectivity index (χ2n) is 8.30. The minimum absolute atomic E-state index is 0.111. The molecule has 0 saturated carbocycles. The van der Waals surface area contributed by atoms with Crippen LogP contribution in [-0.2, 0) is 6.61 Å². The lowest BCUT2D eigenvalue weighted by atomic mass is 10.0. The van der Waals surface area contributed by atoms with Gasteiger partial charge in [0.2, 0.25) is 5.43 Å². The van der Waals surface area contributed by atoms with E-state index >= 15 is 0 Å². The average Bonchev–Trinajstić information content (AvgIpc) is 2.92. The Labute approximate surface area is 202 Å². The maximum atomic E-state index is 13.7. The Balaban J connectivity index is 1.54. The average molecular weight is 456 g/mol. The number of ether oxygens (including phenoxy) is 1. The van der Waals surface area contributed by atoms with Crippen molar-refractivity contribution in [2.45, 2.75) is 6.61 Å². The van der Waals surface area contributed by atoms with Crippen LogP contribution in [0.15, 0.2) is 124 Å². The van der Waals surface area contributed by atoms with Gasteiger partial charge in [0, 0.05) is 10.9 Å². The summed E-state index contributed by atoms with van der Waals surface area (Å²) in [5, 5.41) is 1.46. The highest BCUT2D eigenvalue weighted by atomic mass is 16.5. The molecule has 0 unspecified atom stereocenters. The second kappa shape index (κ2) is 8.92. The SMILES string of the molecule is O=c1c(-c2ccc3cccc(OCc4ccccc4)c3n2)c(-c2ccccc2)oc2ccccc12. The summed E-state index contributed by atoms with van der Waals surface area (Å²) in [6.07, 6.45) is 0. The molecule has 0 N–H and O–H groups in total. The van der Waals surface area contributed by atoms with Gasteiger partial charge in [0.05, 0.1) is 16.6 Å². The Kier molecular flexibility index (Phi) is 5.32. The van der Waals surface area contributed by atoms with Crippen LogP contribution < -0.4 is 10.2 Å². The van der Waals surface area contributed by atoms with Crippen LogP contribution in [0, 0.1) is 0 Å². The summed E-state index contributed by atoms with van der Waals surface area (Å²) in [6, 6.07) is 36.7. The highest BCUT2D eigenvalue weighted by Gasteiger charge is 2.19. The van der Waals surface area contributed by atoms with E-state index in [1.54, 1.807) is 6.07 Å². The van der Waals surface area contributed by atoms with Gasteiger partial charge in [0.1, 0.15) is 29.2 Å². The Morgan fingerprint density at radius 1 is 0.714 bits per heavy atom. The molecule has 2 heterocycles. The molecular formula is C31H21NO3. The first kappa shape index (κ1) is 20.9. The first-order valence-corrected chi connectivity index (χ1v) is 11.5. The van der Waals surface area contributed by atoms with Gasteiger partial charge in [-0.05, 0) is 29.8 Å². The number of fused-ring (bicyclic) bond motifs is 2. The highest BCUT2D eigenvalue weighted by Crippen LogP contribution is 2.34. The molecule has 4 heteroatoms. The van der Waals surface area contributed by atoms with Gasteiger partial charge in [-0.3, -0.25) is 4.79 Å². The number of benzene rings is 4. The minimum Gasteiger partial charge on any atom is -0.487 e. The van der Waals surface area contributed by atoms with E-state index in [0.29, 0.717) is 45.9 Å². The summed E-state index contributed by atoms with van der Waals surface area (Å²) in [6.45, 7) is 0.430. The van der Waals surface area contributed by atoms with Crippen molar-refractivity contribution in [3.8, 4) is 28.3 Å². The molecule has 6 rings (SSSR count). The number of pyridine rings is 1. The van der Waals surface area contributed by atoms with Crippen LogP contribution in [0.2, 0.25) is 0 Å². The fourth-order valence-corrected chi connectivity index (χ4v) is 4.28. The maximum absolute atomic E-state index is 13.7. The number of hydrogen-bond acceptors (Lipinski definition) is 4. The summed E-state index contributed by atoms with van der Waals surface area (Å²) in [5.41, 5.74) is 4.02. The zero-order chi connectivity index (χ0) is 23.6. The predicted octanol–water partition coefficient (Wildman–Crippen LogP) is 7.25. The first-order chi connectivity index (χ1) is 17.3. The highest BCUT2D eigenvalue weighted by molar-refractivity contribution is 5.91. The third kappa shape index (κ3) is 3.96. The number of nitrogens with zero attached hydrogens (tertiary/aromatic N) is 1. The summed E-state index contributed by atoms with van der Waals surface area (Å²) < 4.78 is 12.4. The monoisotopic (exact) mass is 455 g/mol. The van der Waals surface area contributed by atoms with E-state index in [4.69, 9.17) is 14.1 Å². The van der Waals surface area contributed by atoms with Crippen LogP contribution in [-0.4, -0.2) is 4.98 Å². The van der Waals surface area contributed by atoms with E-state index in [1.165, 1.54) is 0 Å². The minimum atomic E-state index is -0.111. The number of rotatable bonds is 5. The van der Waals surface area contributed by atoms with Crippen molar-refractivity contribution in [3.63, 3.8) is 0 Å². The first-order valence-electron chi connectivity index (χ1n) is 11.5. The molecule has 4 aromatic carbocycles. The zero-order valence-corrected chi connectivity index (χ0v) is 18.8. The molecule has 0 atom stereocenters. The predicted molar refractivity (Wildman–Crippen MR) is 139 cm³/mol. The molecule has 168 valence electrons. The van der Waals surface area contributed by atoms with Gasteiger partial charge in [-0.15, -0.1) is 0 Å². The molecule has 0 saturated heterocycles. The maximum Gasteiger partial charge on any atom is 0.202 e. The third-order valence-electron chi connectivity index (χ3n) is 6.01. The van der Waals surface area contributed by atoms with E-state index in [-0.39, 0.29) is 5.43 Å². The molecule has 2 aromatic heterocycles. The molecule has 0 radical (unpaired) electrons. The third-order valence-corrected chi connectivity index (χ3v) is 6.01. The number of hydrogen-bond donors (Lipinski definition) is 0. The van der Waals surface area contributed by atoms with Crippen LogP contribution in [0.5, 0.6) is 5.75 Å². The molecule has 0 amide bonds. The van der Waals surface area contributed by atoms with Crippen molar-refractivity contribution in [2.24, 2.45) is 0 Å². The van der Waals surface area contributed by atoms with Crippen molar-refractivity contribution in [1.82, 2.24) is 4.98 Å². The van der Waals surface area contributed by atoms with Crippen molar-refractivity contribution >= 4 is 21.9 Å². The van der Waals surface area contributed by atoms with E-state index in [0.717, 1.165) is 16.5 Å². The van der Waals surface area contributed by atoms with E-state index in [1.807, 2.05) is 109 Å². The number of aromatic nitrogens is 1. The smallest absolute Gasteiger partial charge is 0.202 e. The van der Waals surface area contributed by atoms with E-state index < -0.39 is 0 Å². The normalized spacial score (nSPS) is 11.1. The van der Waals surface area contributed by atoms with Gasteiger partial charge in [0.15, 0.2) is 0 Å². The van der Waals surface area contributed by atoms with Crippen LogP contribution in [0.4, 0.5) is 0 Å². The molecule has 6 aromatic rings. The summed E-state index contributed by atoms with van der Waals surface area (Å²) in [7, 11) is 0. The molecule has 35 heavy (non-hydrogen) atoms. The lowest BCUT2D eigenvalue weighted by Gasteiger charge is -2.12. The van der Waals surface area contributed by atoms with Crippen LogP contribution in [0.3, 0.4) is 0 Å². The Bertz CT molecular complexity index is 1710. The molecule has 0 aliphatic heterocycles. The van der Waals surface area contributed by atoms with E-state index in [2.05, 4.69) is 0 Å². The summed E-state index contributed by atoms with van der Waals surface area (Å²) >= 11 is 0. The summed E-state index contributed by atoms with van der Waals surface area (Å²) in [4.78, 5) is 18.7. The van der Waals surface area contributed by atoms with Crippen molar-refractivity contribution in [2.75, 3.05) is 0 Å². The molecule has 0 fully saturated rings. The molecule has 4 nitrogen and oxygen atoms in total. The molecule has 0 aliphatic carbocycles. The molecule has 0 aliphatic rings. The van der Waals surface area contributed by atoms with Crippen LogP contribution >= 0.6 is 0 Å². The molecule has 0 bridgehead atoms. The van der Waals surface area contributed by atoms with Crippen molar-refractivity contribution in [3.05, 3.63) is 131 Å². The Morgan fingerprint density at radius 3 is 2.29 bits per heavy atom. The molecule has 0 spiro atoms. The largest absolute Gasteiger partial charge is 0.487 e. The van der Waals surface area contributed by atoms with Gasteiger partial charge in [-0.25, -0.2) is 4.98 Å². The van der Waals surface area contributed by atoms with Crippen molar-refractivity contribution in [1.29, 1.82) is 0 Å². The quantitative estimate of drug-likeness (QED) is 0.275. The van der Waals surface area contributed by atoms with Crippen molar-refractivity contribution < 1.29 is 9.15 Å². The van der Waals surface area contributed by atoms with Gasteiger partial charge >= 0.3 is 0 Å². The van der Waals surface area contributed by atoms with Gasteiger partial charge in [0.25, 0.3) is 0 Å². The standard InChI is InChI=1S/C31H21NO3/c33-30-24-15-7-8-16-26(24)35-31(23-12-5-2-6-13-23)28(30)25-19-18-22-14-9-17-27(29(22)32-25)34-20-21-10-3-1-4-11-21/h1-19H,20H2. The Hall–Kier alpha value is -4.70. The van der Waals surface area contributed by atoms with Gasteiger partial charge in [-0.2, -0.15) is 0 Å². The summed E-state index contributed by atoms with van der Waals surface area (Å²) in [5.74, 6) is 1.17. The van der Waals surface area contributed by atoms with Gasteiger partial charge in [-0.1, -0.05) is 91.0 Å². The topological polar surface area (TPSA) is 52.3 Å². The fraction of sp³-hybridized carbons (Fsp3) is 0.0323. The molecular weight excluding hydrogens is 434 g/mol. The number of para-hydroxylation sites is 2. The zero-order valence-electron chi connectivity index (χ0n) is 18.8. The Morgan fingerprint density at radius 2 is 1.46 bits per heavy atom. The lowest BCUT2D eigenvalue weighted by molar-refractivity contribution is 0.309. The van der Waals surface area contributed by atoms with E-state index in [9.17, 15) is 4.79 Å². The van der Waals surface area contributed by atoms with Crippen LogP contribution in [0.25, 0.3) is 44.5 Å². The van der Waals surface area contributed by atoms with Crippen LogP contribution in [0.1, 0.15) is 5.56 Å². The second-order valence-corrected chi connectivity index (χ2v) is 8.30. The fourth-order valence-electron chi connectivity index (χ4n) is 4.28.